The van der Waals surface area contributed by atoms with Crippen molar-refractivity contribution in [3.8, 4) is 0 Å². The van der Waals surface area contributed by atoms with E-state index in [0.717, 1.165) is 11.0 Å². The fraction of sp³-hybridized carbons (Fsp3) is 0.333. The number of halogens is 4. The number of carboxylic acid groups (broad SMARTS) is 1. The number of nitrogens with one attached hydrogen (secondary N) is 1. The molecule has 0 aliphatic rings. The number of hydrogen-bond acceptors (Lipinski definition) is 2. The Kier molecular flexibility index (Phi) is 5.42. The predicted molar refractivity (Wildman–Crippen MR) is 70.4 cm³/mol. The summed E-state index contributed by atoms with van der Waals surface area (Å²) < 4.78 is 38.0. The fourth-order valence-corrected chi connectivity index (χ4v) is 1.63. The molecule has 1 aromatic rings. The molecule has 1 aromatic carbocycles. The number of nitrogens with zero attached hydrogens (tertiary/aromatic N) is 1. The van der Waals surface area contributed by atoms with Crippen molar-refractivity contribution in [2.45, 2.75) is 12.6 Å². The van der Waals surface area contributed by atoms with Crippen LogP contribution in [0.5, 0.6) is 0 Å². The highest BCUT2D eigenvalue weighted by Gasteiger charge is 2.33. The van der Waals surface area contributed by atoms with Crippen LogP contribution in [0, 0.1) is 0 Å². The van der Waals surface area contributed by atoms with Crippen molar-refractivity contribution in [3.63, 3.8) is 0 Å². The van der Waals surface area contributed by atoms with E-state index in [4.69, 9.17) is 16.7 Å². The monoisotopic (exact) mass is 324 g/mol. The smallest absolute Gasteiger partial charge is 0.417 e. The van der Waals surface area contributed by atoms with Gasteiger partial charge in [-0.25, -0.2) is 4.79 Å². The summed E-state index contributed by atoms with van der Waals surface area (Å²) >= 11 is 5.46. The molecule has 9 heteroatoms. The zero-order chi connectivity index (χ0) is 16.2. The third kappa shape index (κ3) is 5.14. The highest BCUT2D eigenvalue weighted by Crippen LogP contribution is 2.36. The molecule has 0 spiro atoms. The van der Waals surface area contributed by atoms with Gasteiger partial charge in [-0.15, -0.1) is 0 Å². The minimum absolute atomic E-state index is 0.0686. The lowest BCUT2D eigenvalue weighted by molar-refractivity contribution is -0.138. The summed E-state index contributed by atoms with van der Waals surface area (Å²) in [6, 6.07) is 2.25. The van der Waals surface area contributed by atoms with Gasteiger partial charge in [-0.1, -0.05) is 11.6 Å². The molecule has 2 N–H and O–H groups in total. The lowest BCUT2D eigenvalue weighted by Gasteiger charge is -2.18. The van der Waals surface area contributed by atoms with Gasteiger partial charge in [0.1, 0.15) is 0 Å². The van der Waals surface area contributed by atoms with Gasteiger partial charge >= 0.3 is 18.2 Å². The van der Waals surface area contributed by atoms with E-state index < -0.39 is 28.8 Å². The van der Waals surface area contributed by atoms with E-state index in [1.54, 1.807) is 0 Å². The molecule has 0 saturated carbocycles. The van der Waals surface area contributed by atoms with Gasteiger partial charge in [-0.05, 0) is 18.2 Å². The summed E-state index contributed by atoms with van der Waals surface area (Å²) in [5, 5.41) is 10.3. The number of alkyl halides is 3. The maximum atomic E-state index is 12.7. The predicted octanol–water partition coefficient (Wildman–Crippen LogP) is 3.30. The van der Waals surface area contributed by atoms with Crippen molar-refractivity contribution in [2.75, 3.05) is 18.9 Å². The quantitative estimate of drug-likeness (QED) is 0.892. The van der Waals surface area contributed by atoms with E-state index in [1.807, 2.05) is 0 Å². The normalized spacial score (nSPS) is 11.1. The maximum absolute atomic E-state index is 12.7. The molecule has 0 fully saturated rings. The Hall–Kier alpha value is -1.96. The minimum atomic E-state index is -4.63. The van der Waals surface area contributed by atoms with Crippen LogP contribution in [0.15, 0.2) is 18.2 Å². The van der Waals surface area contributed by atoms with E-state index in [9.17, 15) is 22.8 Å². The Morgan fingerprint density at radius 2 is 2.00 bits per heavy atom. The molecule has 5 nitrogen and oxygen atoms in total. The van der Waals surface area contributed by atoms with E-state index in [-0.39, 0.29) is 18.7 Å². The molecule has 0 atom stereocenters. The molecule has 0 aliphatic carbocycles. The molecule has 0 aliphatic heterocycles. The zero-order valence-corrected chi connectivity index (χ0v) is 11.6. The van der Waals surface area contributed by atoms with Gasteiger partial charge in [0.25, 0.3) is 0 Å². The molecule has 0 unspecified atom stereocenters. The molecule has 116 valence electrons. The average molecular weight is 325 g/mol. The van der Waals surface area contributed by atoms with Gasteiger partial charge in [0.05, 0.1) is 17.0 Å². The number of aliphatic carboxylic acids is 1. The van der Waals surface area contributed by atoms with Crippen LogP contribution in [0.1, 0.15) is 12.0 Å². The van der Waals surface area contributed by atoms with Gasteiger partial charge in [-0.2, -0.15) is 13.2 Å². The van der Waals surface area contributed by atoms with Crippen LogP contribution >= 0.6 is 11.6 Å². The molecule has 21 heavy (non-hydrogen) atoms. The number of rotatable bonds is 4. The Balaban J connectivity index is 2.79. The molecule has 0 heterocycles. The first kappa shape index (κ1) is 17.1. The van der Waals surface area contributed by atoms with Crippen LogP contribution in [-0.2, 0) is 11.0 Å². The largest absolute Gasteiger partial charge is 0.481 e. The molecular weight excluding hydrogens is 313 g/mol. The topological polar surface area (TPSA) is 69.6 Å². The van der Waals surface area contributed by atoms with Crippen LogP contribution < -0.4 is 5.32 Å². The average Bonchev–Trinajstić information content (AvgIpc) is 2.36. The molecule has 0 saturated heterocycles. The number of anilines is 1. The van der Waals surface area contributed by atoms with E-state index in [1.165, 1.54) is 13.1 Å². The molecule has 0 bridgehead atoms. The van der Waals surface area contributed by atoms with Crippen LogP contribution in [-0.4, -0.2) is 35.6 Å². The second kappa shape index (κ2) is 6.66. The number of carboxylic acids is 1. The van der Waals surface area contributed by atoms with Gasteiger partial charge in [0.15, 0.2) is 0 Å². The van der Waals surface area contributed by atoms with Gasteiger partial charge in [-0.3, -0.25) is 4.79 Å². The summed E-state index contributed by atoms with van der Waals surface area (Å²) in [6.07, 6.45) is -4.90. The van der Waals surface area contributed by atoms with Gasteiger partial charge in [0.2, 0.25) is 0 Å². The first-order chi connectivity index (χ1) is 9.61. The Labute approximate surface area is 123 Å². The second-order valence-corrected chi connectivity index (χ2v) is 4.60. The Morgan fingerprint density at radius 3 is 2.52 bits per heavy atom. The van der Waals surface area contributed by atoms with Crippen molar-refractivity contribution in [2.24, 2.45) is 0 Å². The Morgan fingerprint density at radius 1 is 1.38 bits per heavy atom. The molecule has 1 rings (SSSR count). The van der Waals surface area contributed by atoms with Crippen molar-refractivity contribution >= 4 is 29.3 Å². The summed E-state index contributed by atoms with van der Waals surface area (Å²) in [6.45, 7) is -0.0686. The lowest BCUT2D eigenvalue weighted by atomic mass is 10.2. The first-order valence-corrected chi connectivity index (χ1v) is 6.09. The second-order valence-electron chi connectivity index (χ2n) is 4.19. The third-order valence-electron chi connectivity index (χ3n) is 2.53. The van der Waals surface area contributed by atoms with Crippen LogP contribution in [0.3, 0.4) is 0 Å². The third-order valence-corrected chi connectivity index (χ3v) is 2.86. The van der Waals surface area contributed by atoms with Crippen molar-refractivity contribution in [1.82, 2.24) is 4.90 Å². The lowest BCUT2D eigenvalue weighted by Crippen LogP contribution is -2.33. The molecule has 2 amide bonds. The van der Waals surface area contributed by atoms with E-state index in [2.05, 4.69) is 5.32 Å². The fourth-order valence-electron chi connectivity index (χ4n) is 1.40. The summed E-state index contributed by atoms with van der Waals surface area (Å²) in [5.41, 5.74) is -1.14. The van der Waals surface area contributed by atoms with Crippen molar-refractivity contribution < 1.29 is 27.9 Å². The van der Waals surface area contributed by atoms with Crippen LogP contribution in [0.4, 0.5) is 23.7 Å². The first-order valence-electron chi connectivity index (χ1n) is 5.72. The highest BCUT2D eigenvalue weighted by atomic mass is 35.5. The standard InChI is InChI=1S/C12H12ClF3N2O3/c1-18(5-4-10(19)20)11(21)17-7-2-3-9(13)8(6-7)12(14,15)16/h2-3,6H,4-5H2,1H3,(H,17,21)(H,19,20). The number of benzene rings is 1. The molecular formula is C12H12ClF3N2O3. The van der Waals surface area contributed by atoms with Crippen LogP contribution in [0.25, 0.3) is 0 Å². The molecule has 0 aromatic heterocycles. The Bertz CT molecular complexity index is 549. The minimum Gasteiger partial charge on any atom is -0.481 e. The highest BCUT2D eigenvalue weighted by molar-refractivity contribution is 6.31. The number of carbonyl (C=O) groups excluding carboxylic acids is 1. The van der Waals surface area contributed by atoms with E-state index in [0.29, 0.717) is 6.07 Å². The SMILES string of the molecule is CN(CCC(=O)O)C(=O)Nc1ccc(Cl)c(C(F)(F)F)c1. The summed E-state index contributed by atoms with van der Waals surface area (Å²) in [5.74, 6) is -1.08. The summed E-state index contributed by atoms with van der Waals surface area (Å²) in [4.78, 5) is 23.1. The maximum Gasteiger partial charge on any atom is 0.417 e. The number of carbonyl (C=O) groups is 2. The zero-order valence-electron chi connectivity index (χ0n) is 10.9. The number of urea groups is 1. The summed E-state index contributed by atoms with van der Waals surface area (Å²) in [7, 11) is 1.33. The van der Waals surface area contributed by atoms with E-state index >= 15 is 0 Å². The van der Waals surface area contributed by atoms with Crippen molar-refractivity contribution in [1.29, 1.82) is 0 Å². The molecule has 0 radical (unpaired) electrons. The van der Waals surface area contributed by atoms with Gasteiger partial charge < -0.3 is 15.3 Å². The number of amides is 2. The van der Waals surface area contributed by atoms with Gasteiger partial charge in [0, 0.05) is 19.3 Å². The number of hydrogen-bond donors (Lipinski definition) is 2. The van der Waals surface area contributed by atoms with Crippen molar-refractivity contribution in [3.05, 3.63) is 28.8 Å². The van der Waals surface area contributed by atoms with Crippen LogP contribution in [0.2, 0.25) is 5.02 Å².